The highest BCUT2D eigenvalue weighted by atomic mass is 19.1. The van der Waals surface area contributed by atoms with Crippen molar-refractivity contribution in [3.63, 3.8) is 0 Å². The first kappa shape index (κ1) is 11.4. The fraction of sp³-hybridized carbons (Fsp3) is 0.312. The minimum absolute atomic E-state index is 0.114. The third-order valence-electron chi connectivity index (χ3n) is 3.87. The van der Waals surface area contributed by atoms with E-state index < -0.39 is 0 Å². The van der Waals surface area contributed by atoms with Gasteiger partial charge in [-0.3, -0.25) is 4.99 Å². The summed E-state index contributed by atoms with van der Waals surface area (Å²) >= 11 is 0. The van der Waals surface area contributed by atoms with Crippen LogP contribution in [0.2, 0.25) is 0 Å². The molecule has 1 aliphatic carbocycles. The van der Waals surface area contributed by atoms with Gasteiger partial charge >= 0.3 is 0 Å². The molecule has 0 saturated heterocycles. The van der Waals surface area contributed by atoms with Gasteiger partial charge in [0.1, 0.15) is 5.82 Å². The normalized spacial score (nSPS) is 24.5. The molecule has 0 fully saturated rings. The molecular formula is C16H16FN. The monoisotopic (exact) mass is 241 g/mol. The molecule has 0 saturated carbocycles. The van der Waals surface area contributed by atoms with Gasteiger partial charge in [-0.15, -0.1) is 0 Å². The first-order valence-corrected chi connectivity index (χ1v) is 6.42. The quantitative estimate of drug-likeness (QED) is 0.697. The van der Waals surface area contributed by atoms with Crippen LogP contribution in [0.3, 0.4) is 0 Å². The van der Waals surface area contributed by atoms with Crippen LogP contribution in [-0.2, 0) is 0 Å². The standard InChI is InChI=1S/C16H16FN/c1-3-16-13-5-4-11-8-10(2)15(17)9-14(11)12(13)6-7-18-16/h4-9,12-13H,3H2,1-2H3. The summed E-state index contributed by atoms with van der Waals surface area (Å²) in [6.07, 6.45) is 9.20. The van der Waals surface area contributed by atoms with Crippen molar-refractivity contribution in [2.24, 2.45) is 10.9 Å². The summed E-state index contributed by atoms with van der Waals surface area (Å²) in [5.74, 6) is 0.430. The summed E-state index contributed by atoms with van der Waals surface area (Å²) in [6, 6.07) is 3.62. The first-order chi connectivity index (χ1) is 8.70. The molecule has 0 amide bonds. The van der Waals surface area contributed by atoms with Crippen molar-refractivity contribution in [3.8, 4) is 0 Å². The first-order valence-electron chi connectivity index (χ1n) is 6.42. The zero-order chi connectivity index (χ0) is 12.7. The molecular weight excluding hydrogens is 225 g/mol. The lowest BCUT2D eigenvalue weighted by atomic mass is 9.75. The van der Waals surface area contributed by atoms with E-state index in [-0.39, 0.29) is 11.7 Å². The molecule has 1 aliphatic heterocycles. The largest absolute Gasteiger partial charge is 0.265 e. The smallest absolute Gasteiger partial charge is 0.126 e. The van der Waals surface area contributed by atoms with Crippen molar-refractivity contribution < 1.29 is 4.39 Å². The van der Waals surface area contributed by atoms with E-state index in [1.165, 1.54) is 5.71 Å². The minimum atomic E-state index is -0.114. The molecule has 0 aromatic heterocycles. The van der Waals surface area contributed by atoms with Crippen LogP contribution in [0, 0.1) is 18.7 Å². The molecule has 18 heavy (non-hydrogen) atoms. The summed E-state index contributed by atoms with van der Waals surface area (Å²) in [5, 5.41) is 0. The van der Waals surface area contributed by atoms with Crippen molar-refractivity contribution in [2.45, 2.75) is 26.2 Å². The molecule has 2 aliphatic rings. The minimum Gasteiger partial charge on any atom is -0.265 e. The number of hydrogen-bond donors (Lipinski definition) is 0. The second-order valence-electron chi connectivity index (χ2n) is 4.96. The van der Waals surface area contributed by atoms with Gasteiger partial charge in [-0.05, 0) is 42.2 Å². The van der Waals surface area contributed by atoms with Crippen LogP contribution in [0.1, 0.15) is 36.0 Å². The van der Waals surface area contributed by atoms with Gasteiger partial charge in [-0.1, -0.05) is 25.2 Å². The molecule has 1 aromatic carbocycles. The van der Waals surface area contributed by atoms with Crippen LogP contribution in [0.5, 0.6) is 0 Å². The summed E-state index contributed by atoms with van der Waals surface area (Å²) in [6.45, 7) is 3.93. The Morgan fingerprint density at radius 1 is 1.22 bits per heavy atom. The maximum Gasteiger partial charge on any atom is 0.126 e. The Morgan fingerprint density at radius 3 is 2.83 bits per heavy atom. The van der Waals surface area contributed by atoms with Gasteiger partial charge in [0, 0.05) is 23.7 Å². The maximum atomic E-state index is 13.8. The number of aryl methyl sites for hydroxylation is 1. The van der Waals surface area contributed by atoms with E-state index in [9.17, 15) is 4.39 Å². The van der Waals surface area contributed by atoms with Crippen LogP contribution in [0.25, 0.3) is 6.08 Å². The zero-order valence-corrected chi connectivity index (χ0v) is 10.7. The molecule has 2 heteroatoms. The molecule has 2 atom stereocenters. The van der Waals surface area contributed by atoms with Gasteiger partial charge < -0.3 is 0 Å². The average Bonchev–Trinajstić information content (AvgIpc) is 2.39. The Kier molecular flexibility index (Phi) is 2.66. The van der Waals surface area contributed by atoms with E-state index in [1.807, 2.05) is 19.2 Å². The van der Waals surface area contributed by atoms with Crippen molar-refractivity contribution in [3.05, 3.63) is 53.0 Å². The summed E-state index contributed by atoms with van der Waals surface area (Å²) < 4.78 is 13.8. The fourth-order valence-corrected chi connectivity index (χ4v) is 2.86. The number of aliphatic imine (C=N–C) groups is 1. The molecule has 1 aromatic rings. The number of halogens is 1. The summed E-state index contributed by atoms with van der Waals surface area (Å²) in [4.78, 5) is 4.44. The second kappa shape index (κ2) is 4.20. The average molecular weight is 241 g/mol. The lowest BCUT2D eigenvalue weighted by molar-refractivity contribution is 0.609. The van der Waals surface area contributed by atoms with E-state index in [1.54, 1.807) is 6.07 Å². The van der Waals surface area contributed by atoms with Crippen molar-refractivity contribution in [2.75, 3.05) is 0 Å². The molecule has 0 bridgehead atoms. The highest BCUT2D eigenvalue weighted by Crippen LogP contribution is 2.39. The summed E-state index contributed by atoms with van der Waals surface area (Å²) in [5.41, 5.74) is 4.12. The van der Waals surface area contributed by atoms with Crippen LogP contribution >= 0.6 is 0 Å². The SMILES string of the molecule is CCC1=NC=CC2c3cc(F)c(C)cc3C=CC12. The van der Waals surface area contributed by atoms with Crippen LogP contribution < -0.4 is 0 Å². The Bertz CT molecular complexity index is 581. The van der Waals surface area contributed by atoms with E-state index in [0.717, 1.165) is 17.5 Å². The number of benzene rings is 1. The van der Waals surface area contributed by atoms with E-state index in [4.69, 9.17) is 0 Å². The Labute approximate surface area is 107 Å². The number of rotatable bonds is 1. The number of nitrogens with zero attached hydrogens (tertiary/aromatic N) is 1. The topological polar surface area (TPSA) is 12.4 Å². The molecule has 92 valence electrons. The molecule has 0 N–H and O–H groups in total. The van der Waals surface area contributed by atoms with Gasteiger partial charge in [-0.2, -0.15) is 0 Å². The van der Waals surface area contributed by atoms with Crippen molar-refractivity contribution in [1.82, 2.24) is 0 Å². The van der Waals surface area contributed by atoms with Gasteiger partial charge in [0.05, 0.1) is 0 Å². The molecule has 3 rings (SSSR count). The highest BCUT2D eigenvalue weighted by Gasteiger charge is 2.29. The molecule has 1 nitrogen and oxygen atoms in total. The Morgan fingerprint density at radius 2 is 2.06 bits per heavy atom. The maximum absolute atomic E-state index is 13.8. The Hall–Kier alpha value is -1.70. The van der Waals surface area contributed by atoms with Crippen LogP contribution in [-0.4, -0.2) is 5.71 Å². The van der Waals surface area contributed by atoms with E-state index in [2.05, 4.69) is 30.1 Å². The van der Waals surface area contributed by atoms with Gasteiger partial charge in [-0.25, -0.2) is 4.39 Å². The fourth-order valence-electron chi connectivity index (χ4n) is 2.86. The van der Waals surface area contributed by atoms with Crippen LogP contribution in [0.15, 0.2) is 35.5 Å². The predicted octanol–water partition coefficient (Wildman–Crippen LogP) is 4.24. The highest BCUT2D eigenvalue weighted by molar-refractivity contribution is 5.92. The third-order valence-corrected chi connectivity index (χ3v) is 3.87. The predicted molar refractivity (Wildman–Crippen MR) is 73.3 cm³/mol. The van der Waals surface area contributed by atoms with Crippen LogP contribution in [0.4, 0.5) is 4.39 Å². The zero-order valence-electron chi connectivity index (χ0n) is 10.7. The van der Waals surface area contributed by atoms with Gasteiger partial charge in [0.25, 0.3) is 0 Å². The van der Waals surface area contributed by atoms with Crippen molar-refractivity contribution in [1.29, 1.82) is 0 Å². The number of hydrogen-bond acceptors (Lipinski definition) is 1. The molecule has 0 spiro atoms. The molecule has 0 radical (unpaired) electrons. The molecule has 2 unspecified atom stereocenters. The van der Waals surface area contributed by atoms with Gasteiger partial charge in [0.2, 0.25) is 0 Å². The second-order valence-corrected chi connectivity index (χ2v) is 4.96. The number of allylic oxidation sites excluding steroid dienone is 2. The lowest BCUT2D eigenvalue weighted by Gasteiger charge is -2.30. The van der Waals surface area contributed by atoms with Crippen molar-refractivity contribution >= 4 is 11.8 Å². The van der Waals surface area contributed by atoms with E-state index in [0.29, 0.717) is 11.5 Å². The Balaban J connectivity index is 2.12. The van der Waals surface area contributed by atoms with Gasteiger partial charge in [0.15, 0.2) is 0 Å². The summed E-state index contributed by atoms with van der Waals surface area (Å²) in [7, 11) is 0. The lowest BCUT2D eigenvalue weighted by Crippen LogP contribution is -2.24. The third kappa shape index (κ3) is 1.64. The number of fused-ring (bicyclic) bond motifs is 3. The van der Waals surface area contributed by atoms with E-state index >= 15 is 0 Å². The molecule has 1 heterocycles.